The molecular weight excluding hydrogens is 364 g/mol. The summed E-state index contributed by atoms with van der Waals surface area (Å²) < 4.78 is 1.65. The lowest BCUT2D eigenvalue weighted by molar-refractivity contribution is 0.0967. The van der Waals surface area contributed by atoms with Crippen molar-refractivity contribution in [1.82, 2.24) is 24.8 Å². The minimum Gasteiger partial charge on any atom is -0.354 e. The zero-order valence-electron chi connectivity index (χ0n) is 15.1. The number of aryl methyl sites for hydroxylation is 1. The van der Waals surface area contributed by atoms with Crippen LogP contribution in [0.2, 0.25) is 0 Å². The van der Waals surface area contributed by atoms with Crippen LogP contribution in [0.15, 0.2) is 30.5 Å². The van der Waals surface area contributed by atoms with E-state index >= 15 is 0 Å². The van der Waals surface area contributed by atoms with Gasteiger partial charge in [-0.3, -0.25) is 4.79 Å². The zero-order valence-corrected chi connectivity index (χ0v) is 15.9. The number of hydrogen-bond acceptors (Lipinski definition) is 5. The summed E-state index contributed by atoms with van der Waals surface area (Å²) in [7, 11) is 1.61. The number of nitrogens with one attached hydrogen (secondary N) is 2. The summed E-state index contributed by atoms with van der Waals surface area (Å²) in [4.78, 5) is 32.6. The fourth-order valence-electron chi connectivity index (χ4n) is 3.38. The van der Waals surface area contributed by atoms with Crippen LogP contribution in [-0.4, -0.2) is 45.0 Å². The van der Waals surface area contributed by atoms with Crippen molar-refractivity contribution < 1.29 is 9.59 Å². The number of anilines is 1. The molecule has 0 spiro atoms. The van der Waals surface area contributed by atoms with Crippen molar-refractivity contribution >= 4 is 34.6 Å². The minimum absolute atomic E-state index is 0.0206. The van der Waals surface area contributed by atoms with Gasteiger partial charge in [0.25, 0.3) is 5.91 Å². The van der Waals surface area contributed by atoms with Crippen molar-refractivity contribution in [3.05, 3.63) is 46.0 Å². The number of rotatable bonds is 3. The van der Waals surface area contributed by atoms with Crippen LogP contribution in [0.25, 0.3) is 5.65 Å². The van der Waals surface area contributed by atoms with Crippen molar-refractivity contribution in [1.29, 1.82) is 0 Å². The number of thiophene rings is 1. The van der Waals surface area contributed by atoms with Gasteiger partial charge in [0.15, 0.2) is 5.65 Å². The summed E-state index contributed by atoms with van der Waals surface area (Å²) >= 11 is 1.44. The second-order valence-corrected chi connectivity index (χ2v) is 7.53. The minimum atomic E-state index is -0.166. The van der Waals surface area contributed by atoms with Gasteiger partial charge in [-0.05, 0) is 44.0 Å². The predicted octanol–water partition coefficient (Wildman–Crippen LogP) is 2.83. The molecule has 0 bridgehead atoms. The van der Waals surface area contributed by atoms with E-state index in [-0.39, 0.29) is 18.0 Å². The molecule has 1 aliphatic heterocycles. The molecule has 2 N–H and O–H groups in total. The number of nitrogens with zero attached hydrogens (tertiary/aromatic N) is 4. The maximum atomic E-state index is 12.9. The largest absolute Gasteiger partial charge is 0.354 e. The molecule has 3 aromatic rings. The summed E-state index contributed by atoms with van der Waals surface area (Å²) in [5, 5.41) is 9.88. The van der Waals surface area contributed by atoms with E-state index in [2.05, 4.69) is 20.7 Å². The first-order chi connectivity index (χ1) is 13.1. The summed E-state index contributed by atoms with van der Waals surface area (Å²) in [6.07, 6.45) is 3.62. The van der Waals surface area contributed by atoms with E-state index in [0.29, 0.717) is 28.6 Å². The number of amides is 3. The van der Waals surface area contributed by atoms with Gasteiger partial charge < -0.3 is 15.5 Å². The Bertz CT molecular complexity index is 1010. The van der Waals surface area contributed by atoms with Crippen LogP contribution in [0.3, 0.4) is 0 Å². The number of hydrogen-bond donors (Lipinski definition) is 2. The second-order valence-electron chi connectivity index (χ2n) is 6.41. The van der Waals surface area contributed by atoms with E-state index in [9.17, 15) is 9.59 Å². The van der Waals surface area contributed by atoms with Crippen LogP contribution >= 0.6 is 11.3 Å². The Balaban J connectivity index is 1.55. The first kappa shape index (κ1) is 17.5. The first-order valence-corrected chi connectivity index (χ1v) is 9.60. The van der Waals surface area contributed by atoms with Crippen molar-refractivity contribution in [2.75, 3.05) is 18.9 Å². The Morgan fingerprint density at radius 1 is 1.30 bits per heavy atom. The van der Waals surface area contributed by atoms with Gasteiger partial charge in [-0.1, -0.05) is 0 Å². The molecule has 27 heavy (non-hydrogen) atoms. The van der Waals surface area contributed by atoms with Crippen LogP contribution < -0.4 is 10.6 Å². The Labute approximate surface area is 160 Å². The molecule has 1 atom stereocenters. The Kier molecular flexibility index (Phi) is 4.53. The highest BCUT2D eigenvalue weighted by molar-refractivity contribution is 7.14. The molecule has 140 valence electrons. The molecule has 0 aliphatic carbocycles. The number of carbonyl (C=O) groups excluding carboxylic acids is 2. The third kappa shape index (κ3) is 3.25. The number of fused-ring (bicyclic) bond motifs is 1. The molecule has 1 aliphatic rings. The summed E-state index contributed by atoms with van der Waals surface area (Å²) in [6, 6.07) is 7.21. The quantitative estimate of drug-likeness (QED) is 0.726. The Morgan fingerprint density at radius 2 is 2.15 bits per heavy atom. The van der Waals surface area contributed by atoms with Crippen molar-refractivity contribution in [2.45, 2.75) is 25.8 Å². The van der Waals surface area contributed by atoms with Gasteiger partial charge in [0.05, 0.1) is 16.6 Å². The third-order valence-corrected chi connectivity index (χ3v) is 5.81. The standard InChI is InChI=1S/C18H20N6O2S/c1-11-20-16-12(5-3-10-24(16)22-11)21-18(26)23-9-4-6-13(23)14-7-8-15(27-14)17(25)19-2/h3,5,7-8,10,13H,4,6,9H2,1-2H3,(H,19,25)(H,21,26). The van der Waals surface area contributed by atoms with Crippen LogP contribution in [0.4, 0.5) is 10.5 Å². The van der Waals surface area contributed by atoms with E-state index in [1.54, 1.807) is 17.8 Å². The molecule has 9 heteroatoms. The maximum absolute atomic E-state index is 12.9. The molecule has 0 radical (unpaired) electrons. The van der Waals surface area contributed by atoms with E-state index in [1.165, 1.54) is 11.3 Å². The lowest BCUT2D eigenvalue weighted by atomic mass is 10.2. The van der Waals surface area contributed by atoms with Gasteiger partial charge in [-0.25, -0.2) is 14.3 Å². The highest BCUT2D eigenvalue weighted by atomic mass is 32.1. The molecule has 4 rings (SSSR count). The van der Waals surface area contributed by atoms with Crippen molar-refractivity contribution in [3.8, 4) is 0 Å². The molecule has 3 aromatic heterocycles. The number of pyridine rings is 1. The van der Waals surface area contributed by atoms with Gasteiger partial charge in [-0.15, -0.1) is 11.3 Å². The molecule has 1 unspecified atom stereocenters. The lowest BCUT2D eigenvalue weighted by Gasteiger charge is -2.24. The number of aromatic nitrogens is 3. The average Bonchev–Trinajstić information content (AvgIpc) is 3.38. The van der Waals surface area contributed by atoms with Crippen LogP contribution in [0, 0.1) is 6.92 Å². The monoisotopic (exact) mass is 384 g/mol. The highest BCUT2D eigenvalue weighted by Crippen LogP contribution is 2.36. The Hall–Kier alpha value is -2.94. The summed E-state index contributed by atoms with van der Waals surface area (Å²) in [5.74, 6) is 0.546. The maximum Gasteiger partial charge on any atom is 0.322 e. The molecule has 1 saturated heterocycles. The van der Waals surface area contributed by atoms with E-state index in [0.717, 1.165) is 17.7 Å². The van der Waals surface area contributed by atoms with Crippen LogP contribution in [0.5, 0.6) is 0 Å². The van der Waals surface area contributed by atoms with E-state index in [1.807, 2.05) is 36.1 Å². The molecule has 1 fully saturated rings. The lowest BCUT2D eigenvalue weighted by Crippen LogP contribution is -2.34. The van der Waals surface area contributed by atoms with Crippen LogP contribution in [-0.2, 0) is 0 Å². The fraction of sp³-hybridized carbons (Fsp3) is 0.333. The highest BCUT2D eigenvalue weighted by Gasteiger charge is 2.31. The van der Waals surface area contributed by atoms with Gasteiger partial charge in [0, 0.05) is 24.7 Å². The van der Waals surface area contributed by atoms with Crippen molar-refractivity contribution in [2.24, 2.45) is 0 Å². The fourth-order valence-corrected chi connectivity index (χ4v) is 4.48. The molecule has 0 aromatic carbocycles. The van der Waals surface area contributed by atoms with Gasteiger partial charge in [-0.2, -0.15) is 5.10 Å². The molecule has 4 heterocycles. The SMILES string of the molecule is CNC(=O)c1ccc(C2CCCN2C(=O)Nc2cccn3nc(C)nc23)s1. The second kappa shape index (κ2) is 6.99. The normalized spacial score (nSPS) is 16.7. The predicted molar refractivity (Wildman–Crippen MR) is 103 cm³/mol. The van der Waals surface area contributed by atoms with Crippen molar-refractivity contribution in [3.63, 3.8) is 0 Å². The van der Waals surface area contributed by atoms with Gasteiger partial charge in [0.1, 0.15) is 5.82 Å². The van der Waals surface area contributed by atoms with Gasteiger partial charge in [0.2, 0.25) is 0 Å². The average molecular weight is 384 g/mol. The topological polar surface area (TPSA) is 91.6 Å². The van der Waals surface area contributed by atoms with Gasteiger partial charge >= 0.3 is 6.03 Å². The smallest absolute Gasteiger partial charge is 0.322 e. The third-order valence-electron chi connectivity index (χ3n) is 4.63. The molecule has 0 saturated carbocycles. The zero-order chi connectivity index (χ0) is 19.0. The molecular formula is C18H20N6O2S. The molecule has 3 amide bonds. The summed E-state index contributed by atoms with van der Waals surface area (Å²) in [6.45, 7) is 2.49. The summed E-state index contributed by atoms with van der Waals surface area (Å²) in [5.41, 5.74) is 1.25. The first-order valence-electron chi connectivity index (χ1n) is 8.78. The Morgan fingerprint density at radius 3 is 2.96 bits per heavy atom. The van der Waals surface area contributed by atoms with E-state index < -0.39 is 0 Å². The number of carbonyl (C=O) groups is 2. The number of urea groups is 1. The molecule has 8 nitrogen and oxygen atoms in total. The van der Waals surface area contributed by atoms with E-state index in [4.69, 9.17) is 0 Å². The van der Waals surface area contributed by atoms with Crippen LogP contribution in [0.1, 0.15) is 39.3 Å². The number of likely N-dealkylation sites (tertiary alicyclic amines) is 1.